The summed E-state index contributed by atoms with van der Waals surface area (Å²) < 4.78 is 81.2. The molecule has 0 aromatic heterocycles. The number of alkyl halides is 6. The number of hydrogen-bond acceptors (Lipinski definition) is 4. The summed E-state index contributed by atoms with van der Waals surface area (Å²) in [5, 5.41) is 10.1. The van der Waals surface area contributed by atoms with Gasteiger partial charge in [-0.15, -0.1) is 0 Å². The molecule has 0 fully saturated rings. The SMILES string of the molecule is O=C(c1ccccc1)c1ccc(OCC(F)(F)F)cc1.OC(c1ccccc1)c1ccc(OCC(F)(F)F)cc1. The van der Waals surface area contributed by atoms with E-state index in [0.717, 1.165) is 5.56 Å². The summed E-state index contributed by atoms with van der Waals surface area (Å²) in [7, 11) is 0. The Hall–Kier alpha value is -4.31. The van der Waals surface area contributed by atoms with Crippen LogP contribution < -0.4 is 9.47 Å². The van der Waals surface area contributed by atoms with Crippen LogP contribution in [-0.2, 0) is 0 Å². The molecule has 0 saturated heterocycles. The Bertz CT molecular complexity index is 1320. The lowest BCUT2D eigenvalue weighted by atomic mass is 10.0. The highest BCUT2D eigenvalue weighted by atomic mass is 19.4. The van der Waals surface area contributed by atoms with Gasteiger partial charge in [-0.1, -0.05) is 72.8 Å². The fourth-order valence-corrected chi connectivity index (χ4v) is 3.36. The molecule has 0 radical (unpaired) electrons. The van der Waals surface area contributed by atoms with E-state index >= 15 is 0 Å². The summed E-state index contributed by atoms with van der Waals surface area (Å²) in [5.41, 5.74) is 2.24. The summed E-state index contributed by atoms with van der Waals surface area (Å²) in [6, 6.07) is 29.1. The maximum atomic E-state index is 12.1. The summed E-state index contributed by atoms with van der Waals surface area (Å²) >= 11 is 0. The van der Waals surface area contributed by atoms with Crippen molar-refractivity contribution in [3.8, 4) is 11.5 Å². The average Bonchev–Trinajstić information content (AvgIpc) is 2.95. The second-order valence-corrected chi connectivity index (χ2v) is 8.41. The van der Waals surface area contributed by atoms with E-state index in [-0.39, 0.29) is 17.3 Å². The molecule has 0 aliphatic heterocycles. The second kappa shape index (κ2) is 13.7. The summed E-state index contributed by atoms with van der Waals surface area (Å²) in [5.74, 6) is 0.00578. The number of ketones is 1. The number of aliphatic hydroxyl groups is 1. The summed E-state index contributed by atoms with van der Waals surface area (Å²) in [4.78, 5) is 12.1. The van der Waals surface area contributed by atoms with E-state index in [1.807, 2.05) is 6.07 Å². The molecule has 4 nitrogen and oxygen atoms in total. The topological polar surface area (TPSA) is 55.8 Å². The van der Waals surface area contributed by atoms with Crippen LogP contribution in [0.5, 0.6) is 11.5 Å². The Labute approximate surface area is 226 Å². The molecule has 0 amide bonds. The molecule has 0 saturated carbocycles. The number of carbonyl (C=O) groups excluding carboxylic acids is 1. The molecule has 210 valence electrons. The van der Waals surface area contributed by atoms with Gasteiger partial charge in [0.05, 0.1) is 0 Å². The number of benzene rings is 4. The average molecular weight is 563 g/mol. The third kappa shape index (κ3) is 10.1. The molecule has 1 N–H and O–H groups in total. The molecule has 10 heteroatoms. The van der Waals surface area contributed by atoms with Crippen molar-refractivity contribution in [1.29, 1.82) is 0 Å². The van der Waals surface area contributed by atoms with Gasteiger partial charge in [0.15, 0.2) is 19.0 Å². The van der Waals surface area contributed by atoms with E-state index in [9.17, 15) is 36.2 Å². The van der Waals surface area contributed by atoms with Gasteiger partial charge in [0, 0.05) is 11.1 Å². The highest BCUT2D eigenvalue weighted by molar-refractivity contribution is 6.08. The maximum absolute atomic E-state index is 12.1. The molecule has 0 heterocycles. The maximum Gasteiger partial charge on any atom is 0.422 e. The van der Waals surface area contributed by atoms with E-state index in [1.165, 1.54) is 36.4 Å². The van der Waals surface area contributed by atoms with Gasteiger partial charge in [-0.25, -0.2) is 0 Å². The molecular weight excluding hydrogens is 538 g/mol. The third-order valence-corrected chi connectivity index (χ3v) is 5.27. The molecule has 40 heavy (non-hydrogen) atoms. The summed E-state index contributed by atoms with van der Waals surface area (Å²) in [6.07, 6.45) is -9.55. The number of aliphatic hydroxyl groups excluding tert-OH is 1. The van der Waals surface area contributed by atoms with Crippen LogP contribution in [0.15, 0.2) is 109 Å². The van der Waals surface area contributed by atoms with Crippen molar-refractivity contribution >= 4 is 5.78 Å². The lowest BCUT2D eigenvalue weighted by Crippen LogP contribution is -2.19. The standard InChI is InChI=1S/C15H13F3O2.C15H11F3O2/c2*16-15(17,18)10-20-13-8-6-12(7-9-13)14(19)11-4-2-1-3-5-11/h1-9,14,19H,10H2;1-9H,10H2. The third-order valence-electron chi connectivity index (χ3n) is 5.27. The normalized spacial score (nSPS) is 12.1. The molecule has 0 aliphatic rings. The van der Waals surface area contributed by atoms with E-state index in [0.29, 0.717) is 16.7 Å². The predicted molar refractivity (Wildman–Crippen MR) is 136 cm³/mol. The van der Waals surface area contributed by atoms with Crippen LogP contribution >= 0.6 is 0 Å². The lowest BCUT2D eigenvalue weighted by Gasteiger charge is -2.13. The Kier molecular flexibility index (Phi) is 10.3. The van der Waals surface area contributed by atoms with E-state index in [4.69, 9.17) is 0 Å². The second-order valence-electron chi connectivity index (χ2n) is 8.41. The molecule has 4 aromatic carbocycles. The Morgan fingerprint density at radius 1 is 0.575 bits per heavy atom. The number of ether oxygens (including phenoxy) is 2. The minimum absolute atomic E-state index is 0.0759. The van der Waals surface area contributed by atoms with Crippen molar-refractivity contribution in [2.24, 2.45) is 0 Å². The minimum Gasteiger partial charge on any atom is -0.484 e. The van der Waals surface area contributed by atoms with Gasteiger partial charge in [0.25, 0.3) is 0 Å². The van der Waals surface area contributed by atoms with Crippen LogP contribution in [0.1, 0.15) is 33.2 Å². The number of carbonyl (C=O) groups is 1. The van der Waals surface area contributed by atoms with Crippen molar-refractivity contribution in [1.82, 2.24) is 0 Å². The van der Waals surface area contributed by atoms with E-state index in [1.54, 1.807) is 66.7 Å². The van der Waals surface area contributed by atoms with Crippen LogP contribution in [0, 0.1) is 0 Å². The van der Waals surface area contributed by atoms with Gasteiger partial charge in [0.2, 0.25) is 0 Å². The zero-order valence-corrected chi connectivity index (χ0v) is 20.8. The first kappa shape index (κ1) is 30.2. The first-order valence-corrected chi connectivity index (χ1v) is 11.8. The molecule has 1 atom stereocenters. The Morgan fingerprint density at radius 2 is 0.950 bits per heavy atom. The highest BCUT2D eigenvalue weighted by Crippen LogP contribution is 2.25. The van der Waals surface area contributed by atoms with Crippen LogP contribution in [0.4, 0.5) is 26.3 Å². The number of hydrogen-bond donors (Lipinski definition) is 1. The quantitative estimate of drug-likeness (QED) is 0.178. The van der Waals surface area contributed by atoms with Crippen molar-refractivity contribution < 1.29 is 45.7 Å². The van der Waals surface area contributed by atoms with E-state index < -0.39 is 31.7 Å². The smallest absolute Gasteiger partial charge is 0.422 e. The number of rotatable bonds is 8. The van der Waals surface area contributed by atoms with Crippen LogP contribution in [0.2, 0.25) is 0 Å². The molecule has 0 bridgehead atoms. The van der Waals surface area contributed by atoms with Gasteiger partial charge in [-0.05, 0) is 47.5 Å². The first-order valence-electron chi connectivity index (χ1n) is 11.8. The largest absolute Gasteiger partial charge is 0.484 e. The summed E-state index contributed by atoms with van der Waals surface area (Å²) in [6.45, 7) is -2.67. The molecule has 1 unspecified atom stereocenters. The van der Waals surface area contributed by atoms with Crippen molar-refractivity contribution in [3.63, 3.8) is 0 Å². The van der Waals surface area contributed by atoms with Crippen molar-refractivity contribution in [2.75, 3.05) is 13.2 Å². The van der Waals surface area contributed by atoms with Gasteiger partial charge >= 0.3 is 12.4 Å². The van der Waals surface area contributed by atoms with Crippen LogP contribution in [0.25, 0.3) is 0 Å². The highest BCUT2D eigenvalue weighted by Gasteiger charge is 2.29. The van der Waals surface area contributed by atoms with Gasteiger partial charge in [-0.2, -0.15) is 26.3 Å². The fraction of sp³-hybridized carbons (Fsp3) is 0.167. The van der Waals surface area contributed by atoms with Crippen LogP contribution in [-0.4, -0.2) is 36.5 Å². The molecule has 4 aromatic rings. The first-order chi connectivity index (χ1) is 18.9. The Morgan fingerprint density at radius 3 is 1.40 bits per heavy atom. The van der Waals surface area contributed by atoms with Crippen molar-refractivity contribution in [2.45, 2.75) is 18.5 Å². The number of halogens is 6. The zero-order chi connectivity index (χ0) is 29.2. The van der Waals surface area contributed by atoms with Gasteiger partial charge < -0.3 is 14.6 Å². The molecule has 0 spiro atoms. The van der Waals surface area contributed by atoms with Gasteiger partial charge in [-0.3, -0.25) is 4.79 Å². The molecular formula is C30H24F6O4. The monoisotopic (exact) mass is 562 g/mol. The molecule has 0 aliphatic carbocycles. The minimum atomic E-state index is -4.38. The fourth-order valence-electron chi connectivity index (χ4n) is 3.36. The molecule has 4 rings (SSSR count). The van der Waals surface area contributed by atoms with E-state index in [2.05, 4.69) is 9.47 Å². The van der Waals surface area contributed by atoms with Crippen LogP contribution in [0.3, 0.4) is 0 Å². The Balaban J connectivity index is 0.000000220. The predicted octanol–water partition coefficient (Wildman–Crippen LogP) is 7.57. The lowest BCUT2D eigenvalue weighted by molar-refractivity contribution is -0.154. The van der Waals surface area contributed by atoms with Gasteiger partial charge in [0.1, 0.15) is 17.6 Å². The zero-order valence-electron chi connectivity index (χ0n) is 20.8. The van der Waals surface area contributed by atoms with Crippen molar-refractivity contribution in [3.05, 3.63) is 131 Å².